The predicted octanol–water partition coefficient (Wildman–Crippen LogP) is 3.66. The largest absolute Gasteiger partial charge is 0.399 e. The van der Waals surface area contributed by atoms with Gasteiger partial charge in [-0.2, -0.15) is 0 Å². The summed E-state index contributed by atoms with van der Waals surface area (Å²) in [5, 5.41) is 9.40. The average molecular weight is 427 g/mol. The van der Waals surface area contributed by atoms with Crippen molar-refractivity contribution in [1.82, 2.24) is 4.90 Å². The van der Waals surface area contributed by atoms with E-state index in [0.29, 0.717) is 11.7 Å². The lowest BCUT2D eigenvalue weighted by molar-refractivity contribution is -0.276. The molecule has 2 aliphatic rings. The lowest BCUT2D eigenvalue weighted by Gasteiger charge is -2.43. The zero-order valence-electron chi connectivity index (χ0n) is 18.4. The number of nitrogens with two attached hydrogens (primary N) is 1. The minimum Gasteiger partial charge on any atom is -0.399 e. The Kier molecular flexibility index (Phi) is 7.25. The van der Waals surface area contributed by atoms with Gasteiger partial charge in [-0.05, 0) is 42.6 Å². The van der Waals surface area contributed by atoms with Gasteiger partial charge in [-0.15, -0.1) is 0 Å². The standard InChI is InChI=1S/C25H34N2O4/c1-17-23(14-27-12-4-7-22(27)16-29-2)30-25(20-5-3-6-21(26)13-20)31-24(17)19-10-8-18(15-28)9-11-19/h3,5-6,8-11,13,17,22-25,28H,4,7,12,14-16,26H2,1-2H3/t17-,22-,23+,24+,25+/m0/s1. The molecule has 0 amide bonds. The second-order valence-corrected chi connectivity index (χ2v) is 8.74. The fourth-order valence-electron chi connectivity index (χ4n) is 4.78. The van der Waals surface area contributed by atoms with Gasteiger partial charge in [0.2, 0.25) is 0 Å². The second-order valence-electron chi connectivity index (χ2n) is 8.74. The van der Waals surface area contributed by atoms with E-state index in [1.54, 1.807) is 7.11 Å². The molecule has 0 aromatic heterocycles. The third kappa shape index (κ3) is 5.10. The molecule has 2 saturated heterocycles. The van der Waals surface area contributed by atoms with Crippen molar-refractivity contribution in [1.29, 1.82) is 0 Å². The van der Waals surface area contributed by atoms with Crippen LogP contribution in [-0.4, -0.2) is 49.0 Å². The zero-order chi connectivity index (χ0) is 21.8. The van der Waals surface area contributed by atoms with E-state index in [9.17, 15) is 5.11 Å². The van der Waals surface area contributed by atoms with Crippen molar-refractivity contribution in [2.24, 2.45) is 5.92 Å². The third-order valence-corrected chi connectivity index (χ3v) is 6.58. The van der Waals surface area contributed by atoms with Crippen LogP contribution < -0.4 is 5.73 Å². The van der Waals surface area contributed by atoms with E-state index < -0.39 is 6.29 Å². The first-order chi connectivity index (χ1) is 15.1. The molecule has 6 heteroatoms. The Morgan fingerprint density at radius 3 is 2.65 bits per heavy atom. The summed E-state index contributed by atoms with van der Waals surface area (Å²) in [6, 6.07) is 16.2. The summed E-state index contributed by atoms with van der Waals surface area (Å²) in [6.07, 6.45) is 1.78. The van der Waals surface area contributed by atoms with Crippen molar-refractivity contribution in [3.63, 3.8) is 0 Å². The van der Waals surface area contributed by atoms with Crippen LogP contribution >= 0.6 is 0 Å². The van der Waals surface area contributed by atoms with Gasteiger partial charge in [0.1, 0.15) is 0 Å². The van der Waals surface area contributed by atoms with Crippen LogP contribution in [0.25, 0.3) is 0 Å². The van der Waals surface area contributed by atoms with Crippen LogP contribution in [0.4, 0.5) is 5.69 Å². The van der Waals surface area contributed by atoms with E-state index in [2.05, 4.69) is 24.0 Å². The number of likely N-dealkylation sites (tertiary alicyclic amines) is 1. The van der Waals surface area contributed by atoms with Gasteiger partial charge in [-0.3, -0.25) is 4.90 Å². The Morgan fingerprint density at radius 2 is 1.94 bits per heavy atom. The Bertz CT molecular complexity index is 844. The molecule has 2 fully saturated rings. The van der Waals surface area contributed by atoms with Crippen LogP contribution in [-0.2, 0) is 20.8 Å². The van der Waals surface area contributed by atoms with Crippen LogP contribution in [0.1, 0.15) is 48.8 Å². The lowest BCUT2D eigenvalue weighted by atomic mass is 9.90. The quantitative estimate of drug-likeness (QED) is 0.658. The smallest absolute Gasteiger partial charge is 0.185 e. The van der Waals surface area contributed by atoms with Crippen LogP contribution in [0.3, 0.4) is 0 Å². The van der Waals surface area contributed by atoms with Crippen molar-refractivity contribution in [3.05, 3.63) is 65.2 Å². The first-order valence-corrected chi connectivity index (χ1v) is 11.2. The average Bonchev–Trinajstić information content (AvgIpc) is 3.22. The minimum absolute atomic E-state index is 0.0140. The highest BCUT2D eigenvalue weighted by Crippen LogP contribution is 2.42. The van der Waals surface area contributed by atoms with Gasteiger partial charge in [0, 0.05) is 36.9 Å². The SMILES string of the molecule is COC[C@@H]1CCCN1C[C@H]1O[C@@H](c2cccc(N)c2)O[C@@H](c2ccc(CO)cc2)[C@H]1C. The molecule has 2 aromatic rings. The molecule has 0 unspecified atom stereocenters. The molecule has 2 heterocycles. The number of ether oxygens (including phenoxy) is 3. The molecule has 168 valence electrons. The summed E-state index contributed by atoms with van der Waals surface area (Å²) in [6.45, 7) is 4.91. The topological polar surface area (TPSA) is 77.2 Å². The molecule has 4 rings (SSSR count). The minimum atomic E-state index is -0.476. The maximum absolute atomic E-state index is 9.40. The Balaban J connectivity index is 1.59. The molecule has 3 N–H and O–H groups in total. The summed E-state index contributed by atoms with van der Waals surface area (Å²) in [4.78, 5) is 2.50. The molecule has 0 spiro atoms. The molecule has 2 aliphatic heterocycles. The van der Waals surface area contributed by atoms with E-state index in [-0.39, 0.29) is 24.7 Å². The number of nitrogens with zero attached hydrogens (tertiary/aromatic N) is 1. The highest BCUT2D eigenvalue weighted by Gasteiger charge is 2.40. The second kappa shape index (κ2) is 10.1. The van der Waals surface area contributed by atoms with E-state index in [1.807, 2.05) is 36.4 Å². The van der Waals surface area contributed by atoms with Gasteiger partial charge in [-0.1, -0.05) is 43.3 Å². The predicted molar refractivity (Wildman–Crippen MR) is 120 cm³/mol. The highest BCUT2D eigenvalue weighted by molar-refractivity contribution is 5.41. The van der Waals surface area contributed by atoms with Gasteiger partial charge in [0.25, 0.3) is 0 Å². The van der Waals surface area contributed by atoms with E-state index in [1.165, 1.54) is 6.42 Å². The fourth-order valence-corrected chi connectivity index (χ4v) is 4.78. The first kappa shape index (κ1) is 22.2. The van der Waals surface area contributed by atoms with E-state index in [4.69, 9.17) is 19.9 Å². The van der Waals surface area contributed by atoms with Crippen LogP contribution in [0.2, 0.25) is 0 Å². The van der Waals surface area contributed by atoms with Gasteiger partial charge in [-0.25, -0.2) is 0 Å². The molecule has 31 heavy (non-hydrogen) atoms. The number of hydrogen-bond donors (Lipinski definition) is 2. The van der Waals surface area contributed by atoms with Crippen molar-refractivity contribution < 1.29 is 19.3 Å². The van der Waals surface area contributed by atoms with Crippen LogP contribution in [0.5, 0.6) is 0 Å². The number of methoxy groups -OCH3 is 1. The molecule has 0 bridgehead atoms. The molecule has 0 saturated carbocycles. The number of hydrogen-bond acceptors (Lipinski definition) is 6. The Labute approximate surface area is 184 Å². The summed E-state index contributed by atoms with van der Waals surface area (Å²) in [5.74, 6) is 0.168. The highest BCUT2D eigenvalue weighted by atomic mass is 16.7. The normalized spacial score (nSPS) is 29.3. The Morgan fingerprint density at radius 1 is 1.13 bits per heavy atom. The Hall–Kier alpha value is -1.96. The van der Waals surface area contributed by atoms with Crippen molar-refractivity contribution >= 4 is 5.69 Å². The summed E-state index contributed by atoms with van der Waals surface area (Å²) < 4.78 is 18.5. The molecule has 6 nitrogen and oxygen atoms in total. The molecule has 0 radical (unpaired) electrons. The van der Waals surface area contributed by atoms with Crippen LogP contribution in [0.15, 0.2) is 48.5 Å². The zero-order valence-corrected chi connectivity index (χ0v) is 18.4. The molecule has 2 aromatic carbocycles. The first-order valence-electron chi connectivity index (χ1n) is 11.2. The summed E-state index contributed by atoms with van der Waals surface area (Å²) >= 11 is 0. The lowest BCUT2D eigenvalue weighted by Crippen LogP contribution is -2.46. The van der Waals surface area contributed by atoms with E-state index in [0.717, 1.165) is 42.8 Å². The number of benzene rings is 2. The van der Waals surface area contributed by atoms with Gasteiger partial charge in [0.15, 0.2) is 6.29 Å². The molecule has 5 atom stereocenters. The maximum atomic E-state index is 9.40. The van der Waals surface area contributed by atoms with Crippen molar-refractivity contribution in [2.45, 2.75) is 50.9 Å². The number of nitrogen functional groups attached to an aromatic ring is 1. The fraction of sp³-hybridized carbons (Fsp3) is 0.520. The molecular weight excluding hydrogens is 392 g/mol. The molecular formula is C25H34N2O4. The third-order valence-electron chi connectivity index (χ3n) is 6.58. The number of anilines is 1. The summed E-state index contributed by atoms with van der Waals surface area (Å²) in [7, 11) is 1.77. The van der Waals surface area contributed by atoms with Gasteiger partial charge < -0.3 is 25.1 Å². The van der Waals surface area contributed by atoms with E-state index >= 15 is 0 Å². The van der Waals surface area contributed by atoms with Gasteiger partial charge in [0.05, 0.1) is 25.4 Å². The van der Waals surface area contributed by atoms with Crippen molar-refractivity contribution in [3.8, 4) is 0 Å². The summed E-state index contributed by atoms with van der Waals surface area (Å²) in [5.41, 5.74) is 9.66. The van der Waals surface area contributed by atoms with Crippen LogP contribution in [0, 0.1) is 5.92 Å². The number of rotatable bonds is 7. The number of aliphatic hydroxyl groups is 1. The molecule has 0 aliphatic carbocycles. The van der Waals surface area contributed by atoms with Gasteiger partial charge >= 0.3 is 0 Å². The number of aliphatic hydroxyl groups excluding tert-OH is 1. The maximum Gasteiger partial charge on any atom is 0.185 e. The monoisotopic (exact) mass is 426 g/mol. The van der Waals surface area contributed by atoms with Crippen molar-refractivity contribution in [2.75, 3.05) is 32.5 Å².